The predicted octanol–water partition coefficient (Wildman–Crippen LogP) is 2.41. The van der Waals surface area contributed by atoms with Crippen LogP contribution in [-0.2, 0) is 5.66 Å². The van der Waals surface area contributed by atoms with Crippen LogP contribution < -0.4 is 26.7 Å². The van der Waals surface area contributed by atoms with Crippen LogP contribution in [0.15, 0.2) is 17.2 Å². The zero-order valence-electron chi connectivity index (χ0n) is 15.1. The van der Waals surface area contributed by atoms with E-state index in [0.717, 1.165) is 19.3 Å². The van der Waals surface area contributed by atoms with Gasteiger partial charge < -0.3 is 21.1 Å². The van der Waals surface area contributed by atoms with Crippen molar-refractivity contribution in [2.75, 3.05) is 18.2 Å². The number of ether oxygens (including phenoxy) is 1. The molecular formula is C17H20Cl2N6O3. The summed E-state index contributed by atoms with van der Waals surface area (Å²) in [6.07, 6.45) is 5.57. The maximum atomic E-state index is 13.3. The molecule has 150 valence electrons. The average Bonchev–Trinajstić information content (AvgIpc) is 2.92. The first-order valence-corrected chi connectivity index (χ1v) is 9.05. The molecule has 0 atom stereocenters. The van der Waals surface area contributed by atoms with Crippen LogP contribution >= 0.6 is 24.0 Å². The molecule has 1 aliphatic heterocycles. The maximum absolute atomic E-state index is 13.3. The fourth-order valence-corrected chi connectivity index (χ4v) is 4.19. The van der Waals surface area contributed by atoms with Crippen LogP contribution in [0.1, 0.15) is 42.6 Å². The van der Waals surface area contributed by atoms with Crippen LogP contribution in [-0.4, -0.2) is 27.6 Å². The number of aromatic nitrogens is 3. The van der Waals surface area contributed by atoms with E-state index < -0.39 is 5.66 Å². The second-order valence-corrected chi connectivity index (χ2v) is 7.11. The maximum Gasteiger partial charge on any atom is 0.276 e. The van der Waals surface area contributed by atoms with Crippen LogP contribution in [0.5, 0.6) is 5.75 Å². The molecule has 1 amide bonds. The van der Waals surface area contributed by atoms with Crippen molar-refractivity contribution in [2.24, 2.45) is 0 Å². The quantitative estimate of drug-likeness (QED) is 0.687. The second-order valence-electron chi connectivity index (χ2n) is 6.71. The van der Waals surface area contributed by atoms with Gasteiger partial charge in [-0.1, -0.05) is 18.0 Å². The van der Waals surface area contributed by atoms with Gasteiger partial charge in [0.1, 0.15) is 23.4 Å². The second kappa shape index (κ2) is 7.48. The molecule has 2 aromatic rings. The number of hydrogen-bond acceptors (Lipinski definition) is 7. The Morgan fingerprint density at radius 2 is 2.00 bits per heavy atom. The Kier molecular flexibility index (Phi) is 5.40. The van der Waals surface area contributed by atoms with E-state index in [1.165, 1.54) is 24.1 Å². The minimum atomic E-state index is -0.724. The molecule has 1 spiro atoms. The van der Waals surface area contributed by atoms with Crippen LogP contribution in [0, 0.1) is 0 Å². The third kappa shape index (κ3) is 3.04. The number of amides is 1. The van der Waals surface area contributed by atoms with Crippen molar-refractivity contribution in [1.82, 2.24) is 19.9 Å². The predicted molar refractivity (Wildman–Crippen MR) is 108 cm³/mol. The van der Waals surface area contributed by atoms with Gasteiger partial charge in [0, 0.05) is 0 Å². The number of carbonyl (C=O) groups is 1. The standard InChI is InChI=1S/C17H19ClN6O3.ClH/c1-27-12-13(19)20-8-21-14(12)22-10-7-9(18)11-15(25)23-17(24(11)16(10)26)5-3-2-4-6-17;/h7-8H,2-6H2,1H3,(H,23,25)(H3,19,20,21,22);1H. The van der Waals surface area contributed by atoms with Crippen LogP contribution in [0.2, 0.25) is 5.02 Å². The number of hydrogen-bond donors (Lipinski definition) is 3. The Labute approximate surface area is 172 Å². The summed E-state index contributed by atoms with van der Waals surface area (Å²) in [5.74, 6) is 0.283. The minimum Gasteiger partial charge on any atom is -0.490 e. The molecule has 0 unspecified atom stereocenters. The van der Waals surface area contributed by atoms with Crippen molar-refractivity contribution in [3.63, 3.8) is 0 Å². The lowest BCUT2D eigenvalue weighted by molar-refractivity contribution is 0.0877. The monoisotopic (exact) mass is 426 g/mol. The smallest absolute Gasteiger partial charge is 0.276 e. The number of methoxy groups -OCH3 is 1. The van der Waals surface area contributed by atoms with E-state index in [1.54, 1.807) is 0 Å². The third-order valence-electron chi connectivity index (χ3n) is 5.11. The van der Waals surface area contributed by atoms with Gasteiger partial charge in [-0.2, -0.15) is 0 Å². The number of nitrogens with one attached hydrogen (secondary N) is 2. The number of halogens is 2. The Morgan fingerprint density at radius 3 is 2.68 bits per heavy atom. The molecule has 1 fully saturated rings. The largest absolute Gasteiger partial charge is 0.490 e. The number of nitrogens with two attached hydrogens (primary N) is 1. The van der Waals surface area contributed by atoms with Crippen molar-refractivity contribution < 1.29 is 9.53 Å². The van der Waals surface area contributed by atoms with Gasteiger partial charge in [0.25, 0.3) is 11.5 Å². The highest BCUT2D eigenvalue weighted by atomic mass is 35.5. The summed E-state index contributed by atoms with van der Waals surface area (Å²) < 4.78 is 6.71. The molecule has 4 rings (SSSR count). The molecule has 0 aromatic carbocycles. The molecule has 9 nitrogen and oxygen atoms in total. The van der Waals surface area contributed by atoms with Crippen LogP contribution in [0.4, 0.5) is 17.3 Å². The van der Waals surface area contributed by atoms with Crippen molar-refractivity contribution >= 4 is 47.2 Å². The summed E-state index contributed by atoms with van der Waals surface area (Å²) in [7, 11) is 1.43. The zero-order valence-corrected chi connectivity index (χ0v) is 16.7. The van der Waals surface area contributed by atoms with Crippen molar-refractivity contribution in [1.29, 1.82) is 0 Å². The first-order chi connectivity index (χ1) is 13.0. The van der Waals surface area contributed by atoms with E-state index in [2.05, 4.69) is 20.6 Å². The van der Waals surface area contributed by atoms with Gasteiger partial charge in [0.15, 0.2) is 11.6 Å². The molecule has 0 saturated heterocycles. The van der Waals surface area contributed by atoms with Crippen molar-refractivity contribution in [2.45, 2.75) is 37.8 Å². The highest BCUT2D eigenvalue weighted by molar-refractivity contribution is 6.34. The number of nitrogens with zero attached hydrogens (tertiary/aromatic N) is 3. The lowest BCUT2D eigenvalue weighted by Crippen LogP contribution is -2.48. The average molecular weight is 427 g/mol. The Hall–Kier alpha value is -2.52. The number of carbonyl (C=O) groups excluding carboxylic acids is 1. The van der Waals surface area contributed by atoms with E-state index in [4.69, 9.17) is 22.1 Å². The Balaban J connectivity index is 0.00000225. The number of anilines is 3. The highest BCUT2D eigenvalue weighted by Gasteiger charge is 2.45. The molecule has 2 aliphatic rings. The molecule has 4 N–H and O–H groups in total. The fourth-order valence-electron chi connectivity index (χ4n) is 3.91. The molecule has 3 heterocycles. The zero-order chi connectivity index (χ0) is 19.2. The van der Waals surface area contributed by atoms with E-state index in [1.807, 2.05) is 0 Å². The van der Waals surface area contributed by atoms with Crippen molar-refractivity contribution in [3.05, 3.63) is 33.5 Å². The molecule has 28 heavy (non-hydrogen) atoms. The number of rotatable bonds is 3. The lowest BCUT2D eigenvalue weighted by atomic mass is 9.89. The van der Waals surface area contributed by atoms with Gasteiger partial charge in [-0.3, -0.25) is 14.2 Å². The van der Waals surface area contributed by atoms with Gasteiger partial charge >= 0.3 is 0 Å². The summed E-state index contributed by atoms with van der Waals surface area (Å²) in [6.45, 7) is 0. The normalized spacial score (nSPS) is 16.9. The van der Waals surface area contributed by atoms with E-state index in [0.29, 0.717) is 12.8 Å². The fraction of sp³-hybridized carbons (Fsp3) is 0.412. The first kappa shape index (κ1) is 20.2. The number of pyridine rings is 1. The highest BCUT2D eigenvalue weighted by Crippen LogP contribution is 2.39. The third-order valence-corrected chi connectivity index (χ3v) is 5.40. The van der Waals surface area contributed by atoms with Crippen LogP contribution in [0.25, 0.3) is 0 Å². The summed E-state index contributed by atoms with van der Waals surface area (Å²) in [5.41, 5.74) is 5.10. The van der Waals surface area contributed by atoms with Gasteiger partial charge in [0.05, 0.1) is 12.1 Å². The van der Waals surface area contributed by atoms with E-state index in [-0.39, 0.29) is 57.7 Å². The van der Waals surface area contributed by atoms with Gasteiger partial charge in [-0.15, -0.1) is 12.4 Å². The Bertz CT molecular complexity index is 988. The number of fused-ring (bicyclic) bond motifs is 2. The molecule has 2 aromatic heterocycles. The van der Waals surface area contributed by atoms with Crippen LogP contribution in [0.3, 0.4) is 0 Å². The molecular weight excluding hydrogens is 407 g/mol. The van der Waals surface area contributed by atoms with Gasteiger partial charge in [0.2, 0.25) is 5.75 Å². The molecule has 1 aliphatic carbocycles. The Morgan fingerprint density at radius 1 is 1.29 bits per heavy atom. The van der Waals surface area contributed by atoms with Gasteiger partial charge in [-0.05, 0) is 31.7 Å². The number of nitrogen functional groups attached to an aromatic ring is 1. The molecule has 0 radical (unpaired) electrons. The topological polar surface area (TPSA) is 124 Å². The molecule has 0 bridgehead atoms. The van der Waals surface area contributed by atoms with Gasteiger partial charge in [-0.25, -0.2) is 9.97 Å². The van der Waals surface area contributed by atoms with E-state index in [9.17, 15) is 9.59 Å². The summed E-state index contributed by atoms with van der Waals surface area (Å²) in [5, 5.41) is 6.10. The summed E-state index contributed by atoms with van der Waals surface area (Å²) in [6, 6.07) is 1.43. The summed E-state index contributed by atoms with van der Waals surface area (Å²) >= 11 is 6.37. The lowest BCUT2D eigenvalue weighted by Gasteiger charge is -2.35. The van der Waals surface area contributed by atoms with E-state index >= 15 is 0 Å². The summed E-state index contributed by atoms with van der Waals surface area (Å²) in [4.78, 5) is 33.7. The minimum absolute atomic E-state index is 0. The SMILES string of the molecule is COc1c(N)ncnc1Nc1cc(Cl)c2n(c1=O)C1(CCCCC1)NC2=O.Cl. The van der Waals surface area contributed by atoms with Crippen molar-refractivity contribution in [3.8, 4) is 5.75 Å². The molecule has 11 heteroatoms. The first-order valence-electron chi connectivity index (χ1n) is 8.67. The molecule has 1 saturated carbocycles.